The van der Waals surface area contributed by atoms with Crippen LogP contribution >= 0.6 is 23.2 Å². The number of para-hydroxylation sites is 1. The Morgan fingerprint density at radius 2 is 1.78 bits per heavy atom. The maximum Gasteiger partial charge on any atom is 0.107 e. The Bertz CT molecular complexity index is 867. The maximum atomic E-state index is 6.18. The Hall–Kier alpha value is -2.10. The fourth-order valence-corrected chi connectivity index (χ4v) is 2.84. The molecule has 0 fully saturated rings. The molecule has 23 heavy (non-hydrogen) atoms. The van der Waals surface area contributed by atoms with Gasteiger partial charge in [-0.05, 0) is 38.1 Å². The van der Waals surface area contributed by atoms with Gasteiger partial charge in [-0.15, -0.1) is 0 Å². The van der Waals surface area contributed by atoms with Crippen molar-refractivity contribution >= 4 is 35.1 Å². The predicted molar refractivity (Wildman–Crippen MR) is 96.8 cm³/mol. The van der Waals surface area contributed by atoms with Crippen molar-refractivity contribution in [2.75, 3.05) is 0 Å². The Morgan fingerprint density at radius 1 is 1.04 bits per heavy atom. The van der Waals surface area contributed by atoms with Gasteiger partial charge in [0.15, 0.2) is 0 Å². The van der Waals surface area contributed by atoms with Crippen LogP contribution in [0.2, 0.25) is 10.0 Å². The van der Waals surface area contributed by atoms with E-state index in [9.17, 15) is 0 Å². The molecule has 0 aliphatic rings. The van der Waals surface area contributed by atoms with Crippen LogP contribution in [0.5, 0.6) is 0 Å². The average Bonchev–Trinajstić information content (AvgIpc) is 2.82. The summed E-state index contributed by atoms with van der Waals surface area (Å²) >= 11 is 12.1. The van der Waals surface area contributed by atoms with Gasteiger partial charge in [-0.3, -0.25) is 4.99 Å². The topological polar surface area (TPSA) is 30.2 Å². The maximum absolute atomic E-state index is 6.18. The molecule has 0 spiro atoms. The van der Waals surface area contributed by atoms with Crippen LogP contribution in [-0.4, -0.2) is 16.0 Å². The van der Waals surface area contributed by atoms with Crippen molar-refractivity contribution in [3.05, 3.63) is 75.5 Å². The number of rotatable bonds is 3. The van der Waals surface area contributed by atoms with Crippen molar-refractivity contribution in [3.8, 4) is 5.69 Å². The van der Waals surface area contributed by atoms with E-state index in [-0.39, 0.29) is 0 Å². The van der Waals surface area contributed by atoms with Gasteiger partial charge in [0.2, 0.25) is 0 Å². The minimum atomic E-state index is 0.576. The fourth-order valence-electron chi connectivity index (χ4n) is 2.38. The van der Waals surface area contributed by atoms with Crippen LogP contribution in [0.1, 0.15) is 17.0 Å². The highest BCUT2D eigenvalue weighted by Crippen LogP contribution is 2.26. The summed E-state index contributed by atoms with van der Waals surface area (Å²) in [6.45, 7) is 3.95. The summed E-state index contributed by atoms with van der Waals surface area (Å²) in [5, 5.41) is 5.76. The molecule has 1 aromatic heterocycles. The molecule has 0 saturated carbocycles. The molecule has 0 amide bonds. The van der Waals surface area contributed by atoms with Crippen molar-refractivity contribution in [1.29, 1.82) is 0 Å². The SMILES string of the molecule is Cc1nn(-c2ccccc2)c(C)c1N=Cc1ccc(Cl)cc1Cl. The zero-order valence-corrected chi connectivity index (χ0v) is 14.3. The van der Waals surface area contributed by atoms with Crippen LogP contribution < -0.4 is 0 Å². The largest absolute Gasteiger partial charge is 0.252 e. The van der Waals surface area contributed by atoms with Gasteiger partial charge in [0.1, 0.15) is 5.69 Å². The van der Waals surface area contributed by atoms with E-state index >= 15 is 0 Å². The molecule has 0 bridgehead atoms. The number of benzene rings is 2. The quantitative estimate of drug-likeness (QED) is 0.573. The molecule has 0 radical (unpaired) electrons. The van der Waals surface area contributed by atoms with Crippen molar-refractivity contribution in [2.24, 2.45) is 4.99 Å². The number of hydrogen-bond acceptors (Lipinski definition) is 2. The van der Waals surface area contributed by atoms with E-state index in [1.54, 1.807) is 18.3 Å². The Morgan fingerprint density at radius 3 is 2.48 bits per heavy atom. The highest BCUT2D eigenvalue weighted by Gasteiger charge is 2.11. The standard InChI is InChI=1S/C18H15Cl2N3/c1-12-18(21-11-14-8-9-15(19)10-17(14)20)13(2)23(22-12)16-6-4-3-5-7-16/h3-11H,1-2H3. The average molecular weight is 344 g/mol. The van der Waals surface area contributed by atoms with Crippen LogP contribution in [0.4, 0.5) is 5.69 Å². The minimum Gasteiger partial charge on any atom is -0.252 e. The van der Waals surface area contributed by atoms with E-state index in [2.05, 4.69) is 10.1 Å². The second-order valence-corrected chi connectivity index (χ2v) is 6.03. The Balaban J connectivity index is 1.98. The van der Waals surface area contributed by atoms with E-state index in [1.165, 1.54) is 0 Å². The number of aliphatic imine (C=N–C) groups is 1. The second kappa shape index (κ2) is 6.57. The summed E-state index contributed by atoms with van der Waals surface area (Å²) < 4.78 is 1.89. The third kappa shape index (κ3) is 3.31. The third-order valence-electron chi connectivity index (χ3n) is 3.55. The van der Waals surface area contributed by atoms with E-state index in [0.29, 0.717) is 10.0 Å². The van der Waals surface area contributed by atoms with Crippen molar-refractivity contribution < 1.29 is 0 Å². The van der Waals surface area contributed by atoms with Gasteiger partial charge in [-0.2, -0.15) is 5.10 Å². The minimum absolute atomic E-state index is 0.576. The highest BCUT2D eigenvalue weighted by atomic mass is 35.5. The number of halogens is 2. The van der Waals surface area contributed by atoms with Crippen LogP contribution in [-0.2, 0) is 0 Å². The molecular weight excluding hydrogens is 329 g/mol. The predicted octanol–water partition coefficient (Wildman–Crippen LogP) is 5.55. The first-order valence-electron chi connectivity index (χ1n) is 7.17. The zero-order valence-electron chi connectivity index (χ0n) is 12.8. The first-order valence-corrected chi connectivity index (χ1v) is 7.92. The highest BCUT2D eigenvalue weighted by molar-refractivity contribution is 6.36. The van der Waals surface area contributed by atoms with Crippen LogP contribution in [0.3, 0.4) is 0 Å². The van der Waals surface area contributed by atoms with E-state index in [4.69, 9.17) is 23.2 Å². The number of aryl methyl sites for hydroxylation is 1. The summed E-state index contributed by atoms with van der Waals surface area (Å²) in [5.41, 5.74) is 4.53. The van der Waals surface area contributed by atoms with E-state index in [1.807, 2.05) is 54.9 Å². The van der Waals surface area contributed by atoms with Gasteiger partial charge in [0, 0.05) is 16.8 Å². The fraction of sp³-hybridized carbons (Fsp3) is 0.111. The lowest BCUT2D eigenvalue weighted by Gasteiger charge is -2.03. The number of hydrogen-bond donors (Lipinski definition) is 0. The van der Waals surface area contributed by atoms with Crippen molar-refractivity contribution in [2.45, 2.75) is 13.8 Å². The van der Waals surface area contributed by atoms with Gasteiger partial charge >= 0.3 is 0 Å². The molecule has 3 rings (SSSR count). The molecule has 116 valence electrons. The van der Waals surface area contributed by atoms with Crippen molar-refractivity contribution in [1.82, 2.24) is 9.78 Å². The molecule has 0 unspecified atom stereocenters. The van der Waals surface area contributed by atoms with Crippen LogP contribution in [0.25, 0.3) is 5.69 Å². The molecule has 3 nitrogen and oxygen atoms in total. The monoisotopic (exact) mass is 343 g/mol. The molecule has 0 aliphatic carbocycles. The van der Waals surface area contributed by atoms with Crippen LogP contribution in [0, 0.1) is 13.8 Å². The molecule has 0 aliphatic heterocycles. The van der Waals surface area contributed by atoms with Gasteiger partial charge in [0.05, 0.1) is 22.1 Å². The Kier molecular flexibility index (Phi) is 4.51. The van der Waals surface area contributed by atoms with E-state index in [0.717, 1.165) is 28.3 Å². The summed E-state index contributed by atoms with van der Waals surface area (Å²) in [6, 6.07) is 15.3. The lowest BCUT2D eigenvalue weighted by molar-refractivity contribution is 0.834. The molecule has 0 N–H and O–H groups in total. The molecule has 5 heteroatoms. The normalized spacial score (nSPS) is 11.3. The first-order chi connectivity index (χ1) is 11.1. The molecule has 3 aromatic rings. The van der Waals surface area contributed by atoms with Gasteiger partial charge in [0.25, 0.3) is 0 Å². The number of nitrogens with zero attached hydrogens (tertiary/aromatic N) is 3. The summed E-state index contributed by atoms with van der Waals surface area (Å²) in [4.78, 5) is 4.58. The third-order valence-corrected chi connectivity index (χ3v) is 4.11. The molecule has 2 aromatic carbocycles. The summed E-state index contributed by atoms with van der Waals surface area (Å²) in [6.07, 6.45) is 1.74. The molecule has 0 saturated heterocycles. The zero-order chi connectivity index (χ0) is 16.4. The summed E-state index contributed by atoms with van der Waals surface area (Å²) in [7, 11) is 0. The smallest absolute Gasteiger partial charge is 0.107 e. The summed E-state index contributed by atoms with van der Waals surface area (Å²) in [5.74, 6) is 0. The number of aromatic nitrogens is 2. The van der Waals surface area contributed by atoms with Gasteiger partial charge in [-0.25, -0.2) is 4.68 Å². The van der Waals surface area contributed by atoms with Crippen LogP contribution in [0.15, 0.2) is 53.5 Å². The van der Waals surface area contributed by atoms with E-state index < -0.39 is 0 Å². The molecular formula is C18H15Cl2N3. The van der Waals surface area contributed by atoms with Gasteiger partial charge < -0.3 is 0 Å². The van der Waals surface area contributed by atoms with Gasteiger partial charge in [-0.1, -0.05) is 47.5 Å². The molecule has 0 atom stereocenters. The van der Waals surface area contributed by atoms with Crippen molar-refractivity contribution in [3.63, 3.8) is 0 Å². The second-order valence-electron chi connectivity index (χ2n) is 5.19. The lowest BCUT2D eigenvalue weighted by Crippen LogP contribution is -1.98. The molecule has 1 heterocycles. The Labute approximate surface area is 145 Å². The first kappa shape index (κ1) is 15.8. The lowest BCUT2D eigenvalue weighted by atomic mass is 10.2.